The van der Waals surface area contributed by atoms with Crippen LogP contribution in [-0.4, -0.2) is 24.4 Å². The fourth-order valence-electron chi connectivity index (χ4n) is 3.30. The summed E-state index contributed by atoms with van der Waals surface area (Å²) < 4.78 is 23.5. The molecule has 10 heteroatoms. The Hall–Kier alpha value is -2.95. The van der Waals surface area contributed by atoms with Crippen LogP contribution in [0.25, 0.3) is 10.9 Å². The molecule has 8 nitrogen and oxygen atoms in total. The molecule has 4 N–H and O–H groups in total. The van der Waals surface area contributed by atoms with Gasteiger partial charge in [0, 0.05) is 28.4 Å². The summed E-state index contributed by atoms with van der Waals surface area (Å²) in [4.78, 5) is 15.7. The van der Waals surface area contributed by atoms with Crippen LogP contribution in [0.15, 0.2) is 64.7 Å². The summed E-state index contributed by atoms with van der Waals surface area (Å²) in [5.74, 6) is -0.319. The zero-order valence-corrected chi connectivity index (χ0v) is 15.8. The van der Waals surface area contributed by atoms with Crippen molar-refractivity contribution in [1.29, 1.82) is 0 Å². The van der Waals surface area contributed by atoms with E-state index in [1.165, 1.54) is 30.0 Å². The van der Waals surface area contributed by atoms with Gasteiger partial charge in [0.05, 0.1) is 10.4 Å². The highest BCUT2D eigenvalue weighted by Crippen LogP contribution is 2.48. The summed E-state index contributed by atoms with van der Waals surface area (Å²) in [6.45, 7) is 0. The number of nitrogens with two attached hydrogens (primary N) is 1. The second-order valence-electron chi connectivity index (χ2n) is 6.43. The van der Waals surface area contributed by atoms with Crippen LogP contribution < -0.4 is 15.9 Å². The summed E-state index contributed by atoms with van der Waals surface area (Å²) in [6, 6.07) is 13.8. The molecule has 2 aromatic carbocycles. The van der Waals surface area contributed by atoms with Crippen molar-refractivity contribution in [3.63, 3.8) is 0 Å². The molecule has 28 heavy (non-hydrogen) atoms. The highest BCUT2D eigenvalue weighted by atomic mass is 32.2. The molecular weight excluding hydrogens is 398 g/mol. The zero-order valence-electron chi connectivity index (χ0n) is 14.2. The van der Waals surface area contributed by atoms with Gasteiger partial charge in [-0.2, -0.15) is 5.10 Å². The third kappa shape index (κ3) is 2.49. The monoisotopic (exact) mass is 411 g/mol. The molecule has 0 bridgehead atoms. The Morgan fingerprint density at radius 1 is 1.11 bits per heavy atom. The van der Waals surface area contributed by atoms with Crippen molar-refractivity contribution in [2.75, 3.05) is 5.32 Å². The summed E-state index contributed by atoms with van der Waals surface area (Å²) in [5.41, 5.74) is 5.60. The van der Waals surface area contributed by atoms with E-state index in [0.717, 1.165) is 16.5 Å². The number of amides is 1. The number of hydrogen-bond acceptors (Lipinski definition) is 7. The maximum atomic E-state index is 12.7. The lowest BCUT2D eigenvalue weighted by molar-refractivity contribution is -0.118. The van der Waals surface area contributed by atoms with E-state index in [4.69, 9.17) is 5.14 Å². The van der Waals surface area contributed by atoms with Gasteiger partial charge < -0.3 is 5.32 Å². The average molecular weight is 411 g/mol. The van der Waals surface area contributed by atoms with Gasteiger partial charge in [-0.25, -0.2) is 13.6 Å². The number of rotatable bonds is 2. The minimum absolute atomic E-state index is 0.0604. The quantitative estimate of drug-likeness (QED) is 0.589. The van der Waals surface area contributed by atoms with Crippen LogP contribution in [0.3, 0.4) is 0 Å². The second kappa shape index (κ2) is 5.77. The number of primary sulfonamides is 1. The summed E-state index contributed by atoms with van der Waals surface area (Å²) >= 11 is 1.22. The Kier molecular flexibility index (Phi) is 3.54. The summed E-state index contributed by atoms with van der Waals surface area (Å²) in [6.07, 6.45) is 1.73. The van der Waals surface area contributed by atoms with Crippen molar-refractivity contribution < 1.29 is 13.2 Å². The molecule has 140 valence electrons. The largest absolute Gasteiger partial charge is 0.323 e. The van der Waals surface area contributed by atoms with Crippen molar-refractivity contribution in [1.82, 2.24) is 10.4 Å². The van der Waals surface area contributed by atoms with Gasteiger partial charge in [0.2, 0.25) is 14.9 Å². The Morgan fingerprint density at radius 2 is 1.96 bits per heavy atom. The van der Waals surface area contributed by atoms with Gasteiger partial charge in [0.15, 0.2) is 0 Å². The van der Waals surface area contributed by atoms with Gasteiger partial charge in [-0.1, -0.05) is 23.9 Å². The maximum absolute atomic E-state index is 12.7. The fraction of sp³-hybridized carbons (Fsp3) is 0.0556. The second-order valence-corrected chi connectivity index (χ2v) is 9.19. The number of thioether (sulfide) groups is 1. The molecule has 1 atom stereocenters. The SMILES string of the molecule is NS(=O)(=O)c1ccc2c(c1)C1(NN=C(c3ccc4ncccc4c3)S1)C(=O)N2. The fourth-order valence-corrected chi connectivity index (χ4v) is 4.98. The molecule has 0 saturated heterocycles. The number of fused-ring (bicyclic) bond motifs is 3. The predicted molar refractivity (Wildman–Crippen MR) is 107 cm³/mol. The highest BCUT2D eigenvalue weighted by Gasteiger charge is 2.52. The first-order valence-corrected chi connectivity index (χ1v) is 10.6. The first kappa shape index (κ1) is 17.2. The Morgan fingerprint density at radius 3 is 2.79 bits per heavy atom. The van der Waals surface area contributed by atoms with Crippen LogP contribution in [-0.2, 0) is 19.7 Å². The number of aromatic nitrogens is 1. The lowest BCUT2D eigenvalue weighted by Crippen LogP contribution is -2.39. The number of nitrogens with one attached hydrogen (secondary N) is 2. The van der Waals surface area contributed by atoms with Crippen LogP contribution in [0, 0.1) is 0 Å². The van der Waals surface area contributed by atoms with Crippen molar-refractivity contribution in [3.8, 4) is 0 Å². The molecule has 0 saturated carbocycles. The molecule has 3 heterocycles. The predicted octanol–water partition coefficient (Wildman–Crippen LogP) is 1.69. The van der Waals surface area contributed by atoms with Gasteiger partial charge in [0.1, 0.15) is 5.04 Å². The first-order chi connectivity index (χ1) is 13.4. The number of benzene rings is 2. The highest BCUT2D eigenvalue weighted by molar-refractivity contribution is 8.16. The number of nitrogens with zero attached hydrogens (tertiary/aromatic N) is 2. The molecule has 0 fully saturated rings. The van der Waals surface area contributed by atoms with E-state index < -0.39 is 14.9 Å². The van der Waals surface area contributed by atoms with Crippen LogP contribution in [0.1, 0.15) is 11.1 Å². The molecule has 3 aromatic rings. The van der Waals surface area contributed by atoms with E-state index in [1.807, 2.05) is 30.3 Å². The Balaban J connectivity index is 1.56. The molecule has 0 aliphatic carbocycles. The average Bonchev–Trinajstić information content (AvgIpc) is 3.24. The van der Waals surface area contributed by atoms with Crippen LogP contribution >= 0.6 is 11.8 Å². The lowest BCUT2D eigenvalue weighted by atomic mass is 10.1. The molecule has 2 aliphatic heterocycles. The third-order valence-electron chi connectivity index (χ3n) is 4.68. The van der Waals surface area contributed by atoms with E-state index in [9.17, 15) is 13.2 Å². The van der Waals surface area contributed by atoms with Crippen molar-refractivity contribution >= 4 is 49.3 Å². The number of sulfonamides is 1. The third-order valence-corrected chi connectivity index (χ3v) is 6.92. The lowest BCUT2D eigenvalue weighted by Gasteiger charge is -2.20. The van der Waals surface area contributed by atoms with Crippen LogP contribution in [0.2, 0.25) is 0 Å². The number of hydrazone groups is 1. The molecule has 2 aliphatic rings. The van der Waals surface area contributed by atoms with Crippen molar-refractivity contribution in [2.24, 2.45) is 10.2 Å². The Labute approximate surface area is 164 Å². The standard InChI is InChI=1S/C18H13N5O3S2/c19-28(25,26)12-4-6-15-13(9-12)18(17(24)21-15)23-22-16(27-18)11-3-5-14-10(8-11)2-1-7-20-14/h1-9,23H,(H,21,24)(H2,19,25,26). The Bertz CT molecular complexity index is 1310. The zero-order chi connectivity index (χ0) is 19.5. The molecule has 1 amide bonds. The molecule has 1 unspecified atom stereocenters. The number of carbonyl (C=O) groups is 1. The van der Waals surface area contributed by atoms with E-state index in [1.54, 1.807) is 6.20 Å². The molecule has 1 spiro atoms. The summed E-state index contributed by atoms with van der Waals surface area (Å²) in [5, 5.41) is 14.0. The van der Waals surface area contributed by atoms with E-state index in [-0.39, 0.29) is 10.8 Å². The number of pyridine rings is 1. The van der Waals surface area contributed by atoms with Crippen LogP contribution in [0.5, 0.6) is 0 Å². The number of hydrogen-bond donors (Lipinski definition) is 3. The summed E-state index contributed by atoms with van der Waals surface area (Å²) in [7, 11) is -3.90. The van der Waals surface area contributed by atoms with E-state index in [0.29, 0.717) is 16.3 Å². The minimum atomic E-state index is -3.90. The van der Waals surface area contributed by atoms with Gasteiger partial charge in [-0.3, -0.25) is 15.2 Å². The molecular formula is C18H13N5O3S2. The molecule has 5 rings (SSSR count). The van der Waals surface area contributed by atoms with E-state index >= 15 is 0 Å². The van der Waals surface area contributed by atoms with Gasteiger partial charge in [0.25, 0.3) is 5.91 Å². The van der Waals surface area contributed by atoms with Gasteiger partial charge in [-0.15, -0.1) is 0 Å². The smallest absolute Gasteiger partial charge is 0.267 e. The van der Waals surface area contributed by atoms with E-state index in [2.05, 4.69) is 20.8 Å². The van der Waals surface area contributed by atoms with Gasteiger partial charge in [-0.05, 0) is 36.4 Å². The van der Waals surface area contributed by atoms with Crippen molar-refractivity contribution in [2.45, 2.75) is 9.77 Å². The minimum Gasteiger partial charge on any atom is -0.323 e. The molecule has 0 radical (unpaired) electrons. The number of anilines is 1. The topological polar surface area (TPSA) is 127 Å². The van der Waals surface area contributed by atoms with Crippen molar-refractivity contribution in [3.05, 3.63) is 65.9 Å². The molecule has 1 aromatic heterocycles. The van der Waals surface area contributed by atoms with Crippen LogP contribution in [0.4, 0.5) is 5.69 Å². The first-order valence-electron chi connectivity index (χ1n) is 8.25. The number of carbonyl (C=O) groups excluding carboxylic acids is 1. The maximum Gasteiger partial charge on any atom is 0.267 e. The normalized spacial score (nSPS) is 20.8. The van der Waals surface area contributed by atoms with Gasteiger partial charge >= 0.3 is 0 Å².